The fraction of sp³-hybridized carbons (Fsp3) is 0.300. The van der Waals surface area contributed by atoms with E-state index in [0.717, 1.165) is 24.1 Å². The molecule has 0 unspecified atom stereocenters. The molecule has 1 heterocycles. The summed E-state index contributed by atoms with van der Waals surface area (Å²) in [5.74, 6) is 0.411. The molecular weight excluding hydrogens is 318 g/mol. The summed E-state index contributed by atoms with van der Waals surface area (Å²) < 4.78 is 12.5. The monoisotopic (exact) mass is 339 g/mol. The molecule has 5 heteroatoms. The number of hydrogen-bond acceptors (Lipinski definition) is 4. The van der Waals surface area contributed by atoms with E-state index in [1.807, 2.05) is 31.2 Å². The Morgan fingerprint density at radius 1 is 1.12 bits per heavy atom. The number of hydrogen-bond donors (Lipinski definition) is 0. The lowest BCUT2D eigenvalue weighted by Gasteiger charge is -2.07. The maximum absolute atomic E-state index is 12.0. The molecule has 0 aliphatic rings. The van der Waals surface area contributed by atoms with Crippen molar-refractivity contribution in [2.75, 3.05) is 6.61 Å². The van der Waals surface area contributed by atoms with Crippen molar-refractivity contribution < 1.29 is 13.9 Å². The van der Waals surface area contributed by atoms with E-state index in [9.17, 15) is 9.59 Å². The summed E-state index contributed by atoms with van der Waals surface area (Å²) in [6, 6.07) is 13.0. The van der Waals surface area contributed by atoms with Crippen LogP contribution >= 0.6 is 0 Å². The summed E-state index contributed by atoms with van der Waals surface area (Å²) in [4.78, 5) is 23.4. The first-order valence-corrected chi connectivity index (χ1v) is 8.38. The van der Waals surface area contributed by atoms with Crippen LogP contribution in [0, 0.1) is 6.92 Å². The van der Waals surface area contributed by atoms with Crippen LogP contribution in [0.5, 0.6) is 5.75 Å². The van der Waals surface area contributed by atoms with Crippen LogP contribution in [-0.4, -0.2) is 17.0 Å². The van der Waals surface area contributed by atoms with Crippen molar-refractivity contribution >= 4 is 16.9 Å². The number of aromatic nitrogens is 1. The number of aryl methyl sites for hydroxylation is 2. The summed E-state index contributed by atoms with van der Waals surface area (Å²) in [6.07, 6.45) is 1.63. The molecule has 0 aliphatic heterocycles. The molecule has 0 bridgehead atoms. The molecule has 0 atom stereocenters. The van der Waals surface area contributed by atoms with Gasteiger partial charge in [-0.25, -0.2) is 4.79 Å². The number of carbonyl (C=O) groups excluding carboxylic acids is 1. The molecule has 130 valence electrons. The first kappa shape index (κ1) is 17.0. The average Bonchev–Trinajstić information content (AvgIpc) is 2.91. The summed E-state index contributed by atoms with van der Waals surface area (Å²) in [7, 11) is 0. The third kappa shape index (κ3) is 3.99. The number of ether oxygens (including phenoxy) is 1. The van der Waals surface area contributed by atoms with Gasteiger partial charge in [0.15, 0.2) is 11.4 Å². The van der Waals surface area contributed by atoms with E-state index in [0.29, 0.717) is 24.3 Å². The maximum Gasteiger partial charge on any atom is 0.419 e. The summed E-state index contributed by atoms with van der Waals surface area (Å²) in [5.41, 5.74) is 2.91. The van der Waals surface area contributed by atoms with Crippen LogP contribution in [0.25, 0.3) is 11.1 Å². The Morgan fingerprint density at radius 2 is 1.88 bits per heavy atom. The Labute approximate surface area is 145 Å². The standard InChI is InChI=1S/C20H21NO4/c1-14-5-8-17(9-6-14)24-12-4-3-11-21-18-10-7-16(15(2)22)13-19(18)25-20(21)23/h5-10,13H,3-4,11-12H2,1-2H3. The van der Waals surface area contributed by atoms with Gasteiger partial charge in [0.2, 0.25) is 0 Å². The van der Waals surface area contributed by atoms with Gasteiger partial charge < -0.3 is 9.15 Å². The predicted octanol–water partition coefficient (Wildman–Crippen LogP) is 3.96. The number of ketones is 1. The normalized spacial score (nSPS) is 11.0. The zero-order valence-electron chi connectivity index (χ0n) is 14.5. The number of benzene rings is 2. The fourth-order valence-corrected chi connectivity index (χ4v) is 2.69. The van der Waals surface area contributed by atoms with E-state index in [1.54, 1.807) is 22.8 Å². The van der Waals surface area contributed by atoms with Gasteiger partial charge in [-0.05, 0) is 57.0 Å². The first-order valence-electron chi connectivity index (χ1n) is 8.38. The molecule has 5 nitrogen and oxygen atoms in total. The number of oxazole rings is 1. The maximum atomic E-state index is 12.0. The van der Waals surface area contributed by atoms with Crippen LogP contribution in [0.2, 0.25) is 0 Å². The van der Waals surface area contributed by atoms with Gasteiger partial charge in [0.1, 0.15) is 5.75 Å². The quantitative estimate of drug-likeness (QED) is 0.483. The lowest BCUT2D eigenvalue weighted by molar-refractivity contribution is 0.101. The molecule has 0 N–H and O–H groups in total. The van der Waals surface area contributed by atoms with Crippen LogP contribution in [0.15, 0.2) is 51.7 Å². The van der Waals surface area contributed by atoms with Crippen molar-refractivity contribution in [1.29, 1.82) is 0 Å². The van der Waals surface area contributed by atoms with E-state index in [4.69, 9.17) is 9.15 Å². The minimum atomic E-state index is -0.393. The lowest BCUT2D eigenvalue weighted by atomic mass is 10.1. The number of rotatable bonds is 7. The van der Waals surface area contributed by atoms with Gasteiger partial charge in [-0.3, -0.25) is 9.36 Å². The number of fused-ring (bicyclic) bond motifs is 1. The summed E-state index contributed by atoms with van der Waals surface area (Å²) >= 11 is 0. The molecule has 1 aromatic heterocycles. The molecule has 3 aromatic rings. The molecule has 25 heavy (non-hydrogen) atoms. The van der Waals surface area contributed by atoms with Gasteiger partial charge in [-0.1, -0.05) is 17.7 Å². The van der Waals surface area contributed by atoms with Crippen LogP contribution in [0.1, 0.15) is 35.7 Å². The van der Waals surface area contributed by atoms with Crippen LogP contribution in [0.3, 0.4) is 0 Å². The highest BCUT2D eigenvalue weighted by Crippen LogP contribution is 2.16. The third-order valence-electron chi connectivity index (χ3n) is 4.14. The SMILES string of the molecule is CC(=O)c1ccc2c(c1)oc(=O)n2CCCCOc1ccc(C)cc1. The van der Waals surface area contributed by atoms with E-state index in [-0.39, 0.29) is 5.78 Å². The Bertz CT molecular complexity index is 934. The second-order valence-corrected chi connectivity index (χ2v) is 6.13. The number of Topliss-reactive ketones (excluding diaryl/α,β-unsaturated/α-hetero) is 1. The smallest absolute Gasteiger partial charge is 0.419 e. The largest absolute Gasteiger partial charge is 0.494 e. The number of unbranched alkanes of at least 4 members (excludes halogenated alkanes) is 1. The second-order valence-electron chi connectivity index (χ2n) is 6.13. The zero-order chi connectivity index (χ0) is 17.8. The Balaban J connectivity index is 1.58. The van der Waals surface area contributed by atoms with E-state index < -0.39 is 5.76 Å². The highest BCUT2D eigenvalue weighted by molar-refractivity contribution is 5.96. The summed E-state index contributed by atoms with van der Waals surface area (Å²) in [5, 5.41) is 0. The number of carbonyl (C=O) groups is 1. The second kappa shape index (κ2) is 7.38. The number of nitrogens with zero attached hydrogens (tertiary/aromatic N) is 1. The topological polar surface area (TPSA) is 61.4 Å². The van der Waals surface area contributed by atoms with E-state index in [1.165, 1.54) is 12.5 Å². The van der Waals surface area contributed by atoms with Crippen LogP contribution < -0.4 is 10.5 Å². The Hall–Kier alpha value is -2.82. The Morgan fingerprint density at radius 3 is 2.60 bits per heavy atom. The van der Waals surface area contributed by atoms with Gasteiger partial charge in [0.05, 0.1) is 12.1 Å². The lowest BCUT2D eigenvalue weighted by Crippen LogP contribution is -2.14. The van der Waals surface area contributed by atoms with Gasteiger partial charge in [-0.2, -0.15) is 0 Å². The van der Waals surface area contributed by atoms with E-state index >= 15 is 0 Å². The van der Waals surface area contributed by atoms with Gasteiger partial charge in [0.25, 0.3) is 0 Å². The highest BCUT2D eigenvalue weighted by atomic mass is 16.5. The zero-order valence-corrected chi connectivity index (χ0v) is 14.5. The van der Waals surface area contributed by atoms with Gasteiger partial charge >= 0.3 is 5.76 Å². The molecule has 0 amide bonds. The molecule has 0 fully saturated rings. The molecule has 0 aliphatic carbocycles. The predicted molar refractivity (Wildman–Crippen MR) is 96.4 cm³/mol. The van der Waals surface area contributed by atoms with Crippen molar-refractivity contribution in [3.05, 3.63) is 64.1 Å². The molecule has 0 radical (unpaired) electrons. The van der Waals surface area contributed by atoms with Crippen molar-refractivity contribution in [1.82, 2.24) is 4.57 Å². The summed E-state index contributed by atoms with van der Waals surface area (Å²) in [6.45, 7) is 4.69. The molecule has 0 saturated heterocycles. The third-order valence-corrected chi connectivity index (χ3v) is 4.14. The fourth-order valence-electron chi connectivity index (χ4n) is 2.69. The molecule has 3 rings (SSSR count). The van der Waals surface area contributed by atoms with Crippen molar-refractivity contribution in [2.24, 2.45) is 0 Å². The first-order chi connectivity index (χ1) is 12.0. The van der Waals surface area contributed by atoms with Crippen molar-refractivity contribution in [3.63, 3.8) is 0 Å². The van der Waals surface area contributed by atoms with Crippen molar-refractivity contribution in [2.45, 2.75) is 33.2 Å². The highest BCUT2D eigenvalue weighted by Gasteiger charge is 2.11. The van der Waals surface area contributed by atoms with Gasteiger partial charge in [-0.15, -0.1) is 0 Å². The van der Waals surface area contributed by atoms with Crippen LogP contribution in [-0.2, 0) is 6.54 Å². The molecular formula is C20H21NO4. The molecule has 0 spiro atoms. The van der Waals surface area contributed by atoms with E-state index in [2.05, 4.69) is 0 Å². The van der Waals surface area contributed by atoms with Crippen LogP contribution in [0.4, 0.5) is 0 Å². The minimum absolute atomic E-state index is 0.0504. The molecule has 2 aromatic carbocycles. The van der Waals surface area contributed by atoms with Gasteiger partial charge in [0, 0.05) is 12.1 Å². The average molecular weight is 339 g/mol. The van der Waals surface area contributed by atoms with Crippen molar-refractivity contribution in [3.8, 4) is 5.75 Å². The molecule has 0 saturated carbocycles. The Kier molecular flexibility index (Phi) is 5.03. The minimum Gasteiger partial charge on any atom is -0.494 e.